The van der Waals surface area contributed by atoms with E-state index in [-0.39, 0.29) is 24.6 Å². The first kappa shape index (κ1) is 45.1. The van der Waals surface area contributed by atoms with Gasteiger partial charge in [-0.1, -0.05) is 140 Å². The van der Waals surface area contributed by atoms with Crippen LogP contribution in [0.3, 0.4) is 0 Å². The van der Waals surface area contributed by atoms with Crippen LogP contribution in [0.1, 0.15) is 168 Å². The van der Waals surface area contributed by atoms with Crippen molar-refractivity contribution >= 4 is 0 Å². The van der Waals surface area contributed by atoms with Crippen molar-refractivity contribution in [1.82, 2.24) is 0 Å². The number of hydrogen-bond acceptors (Lipinski definition) is 2. The van der Waals surface area contributed by atoms with Gasteiger partial charge in [0.25, 0.3) is 0 Å². The Kier molecular flexibility index (Phi) is 33.4. The third-order valence-electron chi connectivity index (χ3n) is 9.12. The van der Waals surface area contributed by atoms with E-state index in [9.17, 15) is 0 Å². The largest absolute Gasteiger partial charge is 1.00 e. The predicted octanol–water partition coefficient (Wildman–Crippen LogP) is 9.48. The molecule has 1 rings (SSSR count). The minimum absolute atomic E-state index is 0. The molecule has 0 N–H and O–H groups in total. The summed E-state index contributed by atoms with van der Waals surface area (Å²) in [6.45, 7) is 8.48. The van der Waals surface area contributed by atoms with Gasteiger partial charge >= 0.3 is 0 Å². The van der Waals surface area contributed by atoms with Gasteiger partial charge in [-0.25, -0.2) is 0 Å². The minimum Gasteiger partial charge on any atom is -1.00 e. The minimum atomic E-state index is 0. The Hall–Kier alpha value is -0.870. The molecule has 0 bridgehead atoms. The van der Waals surface area contributed by atoms with Crippen LogP contribution in [0.2, 0.25) is 0 Å². The number of allylic oxidation sites excluding steroid dienone is 8. The number of ether oxygens (including phenoxy) is 2. The second-order valence-corrected chi connectivity index (χ2v) is 14.3. The van der Waals surface area contributed by atoms with Crippen molar-refractivity contribution in [2.75, 3.05) is 40.4 Å². The molecular formula is C42H78ClNO2. The maximum Gasteiger partial charge on any atom is 0.138 e. The number of likely N-dealkylation sites (N-methyl/N-ethyl adjacent to an activating group) is 1. The fourth-order valence-electron chi connectivity index (χ4n) is 6.25. The summed E-state index contributed by atoms with van der Waals surface area (Å²) in [6, 6.07) is 0. The number of nitrogens with zero attached hydrogens (tertiary/aromatic N) is 1. The zero-order valence-corrected chi connectivity index (χ0v) is 32.0. The highest BCUT2D eigenvalue weighted by atomic mass is 35.5. The van der Waals surface area contributed by atoms with Crippen molar-refractivity contribution in [2.24, 2.45) is 0 Å². The lowest BCUT2D eigenvalue weighted by Gasteiger charge is -2.22. The molecule has 0 aliphatic carbocycles. The van der Waals surface area contributed by atoms with Crippen LogP contribution in [-0.2, 0) is 9.47 Å². The first-order valence-electron chi connectivity index (χ1n) is 19.7. The summed E-state index contributed by atoms with van der Waals surface area (Å²) in [5, 5.41) is 0. The molecular weight excluding hydrogens is 586 g/mol. The molecule has 46 heavy (non-hydrogen) atoms. The number of halogens is 1. The third kappa shape index (κ3) is 29.3. The first-order chi connectivity index (χ1) is 22.1. The van der Waals surface area contributed by atoms with Gasteiger partial charge in [0.15, 0.2) is 0 Å². The number of likely N-dealkylation sites (tertiary alicyclic amines) is 1. The van der Waals surface area contributed by atoms with Crippen LogP contribution in [0, 0.1) is 0 Å². The van der Waals surface area contributed by atoms with Crippen LogP contribution in [0.25, 0.3) is 0 Å². The molecule has 1 fully saturated rings. The molecule has 0 aromatic carbocycles. The molecule has 0 unspecified atom stereocenters. The van der Waals surface area contributed by atoms with Gasteiger partial charge in [0.2, 0.25) is 0 Å². The summed E-state index contributed by atoms with van der Waals surface area (Å²) in [5.41, 5.74) is 0. The Morgan fingerprint density at radius 1 is 0.435 bits per heavy atom. The Morgan fingerprint density at radius 3 is 1.09 bits per heavy atom. The molecule has 1 aliphatic rings. The highest BCUT2D eigenvalue weighted by Crippen LogP contribution is 2.22. The topological polar surface area (TPSA) is 18.5 Å². The standard InChI is InChI=1S/C42H78NO2.ClH/c1-5-7-9-11-13-15-17-19-21-23-25-27-29-31-33-35-37-44-41-39-43(3,4)40-42(41)45-38-36-34-32-30-28-26-24-22-20-18-16-14-12-10-8-6-2;/h13-16,19-22,41-42H,5-12,17-18,23-40H2,1-4H3;1H/q+1;/p-1/b15-13-,16-14-,21-19-,22-20-;/t41-,42+;. The van der Waals surface area contributed by atoms with Gasteiger partial charge in [-0.15, -0.1) is 0 Å². The quantitative estimate of drug-likeness (QED) is 0.0406. The Bertz CT molecular complexity index is 684. The molecule has 1 heterocycles. The highest BCUT2D eigenvalue weighted by molar-refractivity contribution is 4.93. The maximum atomic E-state index is 6.39. The van der Waals surface area contributed by atoms with Crippen molar-refractivity contribution in [2.45, 2.75) is 180 Å². The van der Waals surface area contributed by atoms with E-state index in [1.165, 1.54) is 141 Å². The Balaban J connectivity index is 0.0000202. The SMILES string of the molecule is CCCCC/C=C\C/C=C\CCCCCCCCO[C@H]1C[N+](C)(C)C[C@H]1OCCCCCCCC/C=C\C/C=C\CCCCC.[Cl-]. The van der Waals surface area contributed by atoms with Crippen LogP contribution >= 0.6 is 0 Å². The number of rotatable bonds is 32. The van der Waals surface area contributed by atoms with E-state index in [0.29, 0.717) is 0 Å². The summed E-state index contributed by atoms with van der Waals surface area (Å²) >= 11 is 0. The average molecular weight is 665 g/mol. The average Bonchev–Trinajstić information content (AvgIpc) is 3.32. The molecule has 4 heteroatoms. The molecule has 1 aliphatic heterocycles. The molecule has 0 aromatic rings. The van der Waals surface area contributed by atoms with E-state index in [0.717, 1.165) is 43.6 Å². The van der Waals surface area contributed by atoms with Crippen molar-refractivity contribution in [3.8, 4) is 0 Å². The van der Waals surface area contributed by atoms with E-state index in [1.54, 1.807) is 0 Å². The lowest BCUT2D eigenvalue weighted by Crippen LogP contribution is -3.00. The lowest BCUT2D eigenvalue weighted by atomic mass is 10.1. The summed E-state index contributed by atoms with van der Waals surface area (Å²) in [5.74, 6) is 0. The van der Waals surface area contributed by atoms with Crippen LogP contribution in [0.5, 0.6) is 0 Å². The second kappa shape index (κ2) is 34.0. The first-order valence-corrected chi connectivity index (χ1v) is 19.7. The lowest BCUT2D eigenvalue weighted by molar-refractivity contribution is -0.880. The monoisotopic (exact) mass is 664 g/mol. The van der Waals surface area contributed by atoms with Gasteiger partial charge in [0, 0.05) is 13.2 Å². The van der Waals surface area contributed by atoms with Gasteiger partial charge in [-0.2, -0.15) is 0 Å². The number of unbranched alkanes of at least 4 members (excludes halogenated alkanes) is 18. The van der Waals surface area contributed by atoms with Gasteiger partial charge in [-0.3, -0.25) is 0 Å². The van der Waals surface area contributed by atoms with Gasteiger partial charge < -0.3 is 26.4 Å². The Morgan fingerprint density at radius 2 is 0.739 bits per heavy atom. The third-order valence-corrected chi connectivity index (χ3v) is 9.12. The molecule has 1 saturated heterocycles. The summed E-state index contributed by atoms with van der Waals surface area (Å²) in [6.07, 6.45) is 50.3. The molecule has 270 valence electrons. The number of hydrogen-bond donors (Lipinski definition) is 0. The number of quaternary nitrogens is 1. The fourth-order valence-corrected chi connectivity index (χ4v) is 6.25. The van der Waals surface area contributed by atoms with Crippen molar-refractivity contribution in [3.05, 3.63) is 48.6 Å². The van der Waals surface area contributed by atoms with Crippen LogP contribution in [0.4, 0.5) is 0 Å². The molecule has 0 spiro atoms. The second-order valence-electron chi connectivity index (χ2n) is 14.3. The van der Waals surface area contributed by atoms with Crippen molar-refractivity contribution < 1.29 is 26.4 Å². The van der Waals surface area contributed by atoms with Gasteiger partial charge in [-0.05, 0) is 77.0 Å². The highest BCUT2D eigenvalue weighted by Gasteiger charge is 2.41. The Labute approximate surface area is 294 Å². The van der Waals surface area contributed by atoms with E-state index in [4.69, 9.17) is 9.47 Å². The zero-order valence-electron chi connectivity index (χ0n) is 31.2. The molecule has 3 nitrogen and oxygen atoms in total. The fraction of sp³-hybridized carbons (Fsp3) is 0.810. The zero-order chi connectivity index (χ0) is 32.5. The van der Waals surface area contributed by atoms with Crippen molar-refractivity contribution in [1.29, 1.82) is 0 Å². The van der Waals surface area contributed by atoms with Gasteiger partial charge in [0.1, 0.15) is 25.3 Å². The smallest absolute Gasteiger partial charge is 0.138 e. The van der Waals surface area contributed by atoms with Crippen LogP contribution in [-0.4, -0.2) is 57.1 Å². The molecule has 0 radical (unpaired) electrons. The van der Waals surface area contributed by atoms with E-state index in [2.05, 4.69) is 76.6 Å². The molecule has 0 amide bonds. The van der Waals surface area contributed by atoms with Crippen LogP contribution in [0.15, 0.2) is 48.6 Å². The van der Waals surface area contributed by atoms with E-state index in [1.807, 2.05) is 0 Å². The maximum absolute atomic E-state index is 6.39. The normalized spacial score (nSPS) is 18.2. The molecule has 2 atom stereocenters. The van der Waals surface area contributed by atoms with Crippen LogP contribution < -0.4 is 12.4 Å². The predicted molar refractivity (Wildman–Crippen MR) is 200 cm³/mol. The molecule has 0 saturated carbocycles. The van der Waals surface area contributed by atoms with Gasteiger partial charge in [0.05, 0.1) is 14.1 Å². The molecule has 0 aromatic heterocycles. The van der Waals surface area contributed by atoms with E-state index >= 15 is 0 Å². The summed E-state index contributed by atoms with van der Waals surface area (Å²) in [4.78, 5) is 0. The summed E-state index contributed by atoms with van der Waals surface area (Å²) in [7, 11) is 4.64. The summed E-state index contributed by atoms with van der Waals surface area (Å²) < 4.78 is 13.8. The van der Waals surface area contributed by atoms with E-state index < -0.39 is 0 Å². The van der Waals surface area contributed by atoms with Crippen molar-refractivity contribution in [3.63, 3.8) is 0 Å².